The van der Waals surface area contributed by atoms with Crippen LogP contribution in [-0.2, 0) is 9.59 Å². The molecule has 1 fully saturated rings. The van der Waals surface area contributed by atoms with Crippen LogP contribution in [0.15, 0.2) is 0 Å². The minimum atomic E-state index is -0.824. The number of aliphatic carboxylic acids is 1. The van der Waals surface area contributed by atoms with E-state index in [0.717, 1.165) is 6.54 Å². The molecule has 0 saturated heterocycles. The minimum absolute atomic E-state index is 0.0795. The van der Waals surface area contributed by atoms with E-state index < -0.39 is 5.97 Å². The van der Waals surface area contributed by atoms with E-state index in [4.69, 9.17) is 5.11 Å². The second-order valence-corrected chi connectivity index (χ2v) is 5.66. The summed E-state index contributed by atoms with van der Waals surface area (Å²) in [5.41, 5.74) is 0. The number of amides is 1. The van der Waals surface area contributed by atoms with Crippen LogP contribution in [0.3, 0.4) is 0 Å². The molecule has 0 radical (unpaired) electrons. The molecule has 0 bridgehead atoms. The van der Waals surface area contributed by atoms with Crippen LogP contribution in [0.4, 0.5) is 0 Å². The van der Waals surface area contributed by atoms with Gasteiger partial charge in [0.25, 0.3) is 0 Å². The normalized spacial score (nSPS) is 16.6. The van der Waals surface area contributed by atoms with Gasteiger partial charge in [-0.3, -0.25) is 14.5 Å². The summed E-state index contributed by atoms with van der Waals surface area (Å²) < 4.78 is 0. The fourth-order valence-corrected chi connectivity index (χ4v) is 2.58. The van der Waals surface area contributed by atoms with Gasteiger partial charge in [0.15, 0.2) is 0 Å². The van der Waals surface area contributed by atoms with Crippen molar-refractivity contribution < 1.29 is 14.7 Å². The lowest BCUT2D eigenvalue weighted by molar-refractivity contribution is -0.138. The fraction of sp³-hybridized carbons (Fsp3) is 0.857. The molecule has 1 rings (SSSR count). The highest BCUT2D eigenvalue weighted by Gasteiger charge is 2.19. The third kappa shape index (κ3) is 6.57. The van der Waals surface area contributed by atoms with E-state index in [-0.39, 0.29) is 12.3 Å². The molecule has 1 aliphatic carbocycles. The van der Waals surface area contributed by atoms with Gasteiger partial charge in [-0.1, -0.05) is 19.3 Å². The van der Waals surface area contributed by atoms with Crippen LogP contribution in [0.25, 0.3) is 0 Å². The van der Waals surface area contributed by atoms with Crippen molar-refractivity contribution in [2.24, 2.45) is 5.92 Å². The predicted octanol–water partition coefficient (Wildman–Crippen LogP) is 1.43. The summed E-state index contributed by atoms with van der Waals surface area (Å²) in [6, 6.07) is 0. The zero-order chi connectivity index (χ0) is 14.3. The molecule has 0 aromatic heterocycles. The Morgan fingerprint density at radius 2 is 1.79 bits per heavy atom. The highest BCUT2D eigenvalue weighted by atomic mass is 16.4. The van der Waals surface area contributed by atoms with Gasteiger partial charge in [0.2, 0.25) is 5.91 Å². The Balaban J connectivity index is 2.25. The molecule has 0 aromatic rings. The summed E-state index contributed by atoms with van der Waals surface area (Å²) in [6.45, 7) is 1.56. The lowest BCUT2D eigenvalue weighted by Crippen LogP contribution is -2.39. The molecule has 110 valence electrons. The quantitative estimate of drug-likeness (QED) is 0.760. The summed E-state index contributed by atoms with van der Waals surface area (Å²) in [4.78, 5) is 26.0. The summed E-state index contributed by atoms with van der Waals surface area (Å²) in [6.07, 6.45) is 6.43. The largest absolute Gasteiger partial charge is 0.481 e. The molecule has 1 aliphatic rings. The Hall–Kier alpha value is -1.10. The zero-order valence-corrected chi connectivity index (χ0v) is 12.1. The van der Waals surface area contributed by atoms with Gasteiger partial charge in [-0.25, -0.2) is 0 Å². The number of hydrogen-bond acceptors (Lipinski definition) is 3. The maximum absolute atomic E-state index is 12.0. The fourth-order valence-electron chi connectivity index (χ4n) is 2.58. The highest BCUT2D eigenvalue weighted by Crippen LogP contribution is 2.24. The molecule has 1 N–H and O–H groups in total. The predicted molar refractivity (Wildman–Crippen MR) is 74.0 cm³/mol. The summed E-state index contributed by atoms with van der Waals surface area (Å²) >= 11 is 0. The average Bonchev–Trinajstić information content (AvgIpc) is 2.37. The second-order valence-electron chi connectivity index (χ2n) is 5.66. The lowest BCUT2D eigenvalue weighted by atomic mass is 9.89. The van der Waals surface area contributed by atoms with E-state index in [2.05, 4.69) is 0 Å². The van der Waals surface area contributed by atoms with Crippen LogP contribution in [0.5, 0.6) is 0 Å². The molecule has 0 unspecified atom stereocenters. The summed E-state index contributed by atoms with van der Waals surface area (Å²) in [7, 11) is 3.64. The number of rotatable bonds is 7. The molecule has 1 saturated carbocycles. The number of likely N-dealkylation sites (N-methyl/N-ethyl adjacent to an activating group) is 2. The molecule has 5 nitrogen and oxygen atoms in total. The van der Waals surface area contributed by atoms with Crippen molar-refractivity contribution in [1.82, 2.24) is 9.80 Å². The Bertz CT molecular complexity index is 301. The van der Waals surface area contributed by atoms with Crippen LogP contribution in [0.1, 0.15) is 38.5 Å². The number of carboxylic acid groups (broad SMARTS) is 1. The molecule has 0 aromatic carbocycles. The van der Waals surface area contributed by atoms with Crippen molar-refractivity contribution >= 4 is 11.9 Å². The Morgan fingerprint density at radius 3 is 2.37 bits per heavy atom. The highest BCUT2D eigenvalue weighted by molar-refractivity contribution is 5.78. The van der Waals surface area contributed by atoms with E-state index in [1.54, 1.807) is 16.8 Å². The van der Waals surface area contributed by atoms with Crippen molar-refractivity contribution in [2.45, 2.75) is 38.5 Å². The standard InChI is InChI=1S/C14H26N2O3/c1-15(9-8-14(18)19)11-13(17)16(2)10-12-6-4-3-5-7-12/h12H,3-11H2,1-2H3,(H,18,19). The SMILES string of the molecule is CN(CCC(=O)O)CC(=O)N(C)CC1CCCCC1. The molecule has 19 heavy (non-hydrogen) atoms. The number of carbonyl (C=O) groups is 2. The maximum Gasteiger partial charge on any atom is 0.304 e. The number of carboxylic acids is 1. The van der Waals surface area contributed by atoms with E-state index >= 15 is 0 Å². The van der Waals surface area contributed by atoms with Crippen molar-refractivity contribution in [3.05, 3.63) is 0 Å². The lowest BCUT2D eigenvalue weighted by Gasteiger charge is -2.28. The summed E-state index contributed by atoms with van der Waals surface area (Å²) in [5, 5.41) is 8.60. The number of hydrogen-bond donors (Lipinski definition) is 1. The average molecular weight is 270 g/mol. The molecule has 0 atom stereocenters. The van der Waals surface area contributed by atoms with Crippen LogP contribution in [-0.4, -0.2) is 60.5 Å². The molecule has 1 amide bonds. The van der Waals surface area contributed by atoms with Gasteiger partial charge in [0.05, 0.1) is 13.0 Å². The second kappa shape index (κ2) is 8.15. The van der Waals surface area contributed by atoms with E-state index in [1.807, 2.05) is 7.05 Å². The van der Waals surface area contributed by atoms with Gasteiger partial charge in [-0.2, -0.15) is 0 Å². The minimum Gasteiger partial charge on any atom is -0.481 e. The van der Waals surface area contributed by atoms with Crippen LogP contribution >= 0.6 is 0 Å². The van der Waals surface area contributed by atoms with Crippen LogP contribution in [0, 0.1) is 5.92 Å². The Kier molecular flexibility index (Phi) is 6.84. The van der Waals surface area contributed by atoms with Gasteiger partial charge >= 0.3 is 5.97 Å². The molecule has 5 heteroatoms. The van der Waals surface area contributed by atoms with Gasteiger partial charge in [0, 0.05) is 20.1 Å². The molecule has 0 spiro atoms. The van der Waals surface area contributed by atoms with Crippen molar-refractivity contribution in [2.75, 3.05) is 33.7 Å². The van der Waals surface area contributed by atoms with Gasteiger partial charge in [0.1, 0.15) is 0 Å². The topological polar surface area (TPSA) is 60.9 Å². The van der Waals surface area contributed by atoms with E-state index in [0.29, 0.717) is 19.0 Å². The third-order valence-electron chi connectivity index (χ3n) is 3.80. The molecule has 0 heterocycles. The van der Waals surface area contributed by atoms with Gasteiger partial charge < -0.3 is 10.0 Å². The number of carbonyl (C=O) groups excluding carboxylic acids is 1. The van der Waals surface area contributed by atoms with E-state index in [1.165, 1.54) is 32.1 Å². The first kappa shape index (κ1) is 16.0. The van der Waals surface area contributed by atoms with Crippen LogP contribution in [0.2, 0.25) is 0 Å². The smallest absolute Gasteiger partial charge is 0.304 e. The molecule has 0 aliphatic heterocycles. The first-order valence-corrected chi connectivity index (χ1v) is 7.13. The molecular weight excluding hydrogens is 244 g/mol. The summed E-state index contributed by atoms with van der Waals surface area (Å²) in [5.74, 6) is -0.0969. The van der Waals surface area contributed by atoms with Crippen molar-refractivity contribution in [3.63, 3.8) is 0 Å². The Labute approximate surface area is 115 Å². The van der Waals surface area contributed by atoms with Crippen molar-refractivity contribution in [1.29, 1.82) is 0 Å². The van der Waals surface area contributed by atoms with Gasteiger partial charge in [-0.05, 0) is 25.8 Å². The number of nitrogens with zero attached hydrogens (tertiary/aromatic N) is 2. The third-order valence-corrected chi connectivity index (χ3v) is 3.80. The first-order valence-electron chi connectivity index (χ1n) is 7.13. The van der Waals surface area contributed by atoms with E-state index in [9.17, 15) is 9.59 Å². The Morgan fingerprint density at radius 1 is 1.16 bits per heavy atom. The monoisotopic (exact) mass is 270 g/mol. The molecular formula is C14H26N2O3. The van der Waals surface area contributed by atoms with Crippen molar-refractivity contribution in [3.8, 4) is 0 Å². The van der Waals surface area contributed by atoms with Gasteiger partial charge in [-0.15, -0.1) is 0 Å². The van der Waals surface area contributed by atoms with Crippen LogP contribution < -0.4 is 0 Å². The first-order chi connectivity index (χ1) is 8.99. The maximum atomic E-state index is 12.0. The zero-order valence-electron chi connectivity index (χ0n) is 12.1.